The Morgan fingerprint density at radius 3 is 1.17 bits per heavy atom. The van der Waals surface area contributed by atoms with Gasteiger partial charge in [-0.1, -0.05) is 131 Å². The Morgan fingerprint density at radius 1 is 0.520 bits per heavy atom. The van der Waals surface area contributed by atoms with Gasteiger partial charge < -0.3 is 28.0 Å². The molecule has 0 aliphatic carbocycles. The van der Waals surface area contributed by atoms with Gasteiger partial charge in [-0.3, -0.25) is 14.4 Å². The number of nitrogens with zero attached hydrogens (tertiary/aromatic N) is 3. The molecule has 0 aromatic heterocycles. The normalized spacial score (nSPS) is 20.7. The molecule has 1 unspecified atom stereocenters. The second kappa shape index (κ2) is 24.4. The Morgan fingerprint density at radius 2 is 0.827 bits per heavy atom. The Balaban J connectivity index is 0.000000244. The number of halogens is 3. The van der Waals surface area contributed by atoms with Gasteiger partial charge in [-0.2, -0.15) is 0 Å². The Bertz CT molecular complexity index is 2490. The SMILES string of the molecule is Cc1cc(N2C(=O)C(C)(C)C[C@@H]2CO[Si](C)(C)C(C)(C)C)cc(C)c1Br.Cc1cc(N2C(=O)C(C)C[C@@H]2CO[Si](C)(C)C(C)(C)C)cc(C)c1Br.Cc1cc(N2C(=O)CC[C@@H]2CO[Si](C)(C)C(C)(C)C)cc(C)c1Br. The minimum atomic E-state index is -1.85. The van der Waals surface area contributed by atoms with Crippen molar-refractivity contribution < 1.29 is 27.7 Å². The quantitative estimate of drug-likeness (QED) is 0.168. The molecule has 0 bridgehead atoms. The molecule has 4 atom stereocenters. The molecule has 0 saturated carbocycles. The zero-order valence-electron chi connectivity index (χ0n) is 50.6. The van der Waals surface area contributed by atoms with Crippen LogP contribution in [0.15, 0.2) is 49.8 Å². The van der Waals surface area contributed by atoms with Crippen molar-refractivity contribution in [3.8, 4) is 0 Å². The van der Waals surface area contributed by atoms with E-state index in [1.54, 1.807) is 0 Å². The number of carbonyl (C=O) groups excluding carboxylic acids is 3. The lowest BCUT2D eigenvalue weighted by Gasteiger charge is -2.38. The van der Waals surface area contributed by atoms with Crippen molar-refractivity contribution in [1.29, 1.82) is 0 Å². The smallest absolute Gasteiger partial charge is 0.233 e. The summed E-state index contributed by atoms with van der Waals surface area (Å²) in [5.41, 5.74) is 9.58. The number of hydrogen-bond acceptors (Lipinski definition) is 6. The molecule has 15 heteroatoms. The lowest BCUT2D eigenvalue weighted by atomic mass is 9.90. The molecular formula is C60H96Br3N3O6Si3. The average Bonchev–Trinajstić information content (AvgIpc) is 3.87. The standard InChI is InChI=1S/C21H34BrNO2Si.C20H32BrNO2Si.C19H30BrNO2Si/c1-14-10-16(11-15(2)18(14)22)23-17(12-21(6,7)19(23)24)13-25-26(8,9)20(3,4)5;1-13-9-16(10-14(2)18(13)21)22-17(11-15(3)19(22)23)12-24-25(7,8)20(4,5)6;1-13-10-16(11-14(2)18(13)20)21-15(8-9-17(21)22)12-23-24(6,7)19(3,4)5/h10-11,17H,12-13H2,1-9H3;9-10,15,17H,11-12H2,1-8H3;10-11,15H,8-9,12H2,1-7H3/t17-;15?,17-;15-/m111/s1. The highest BCUT2D eigenvalue weighted by Gasteiger charge is 2.48. The van der Waals surface area contributed by atoms with Crippen LogP contribution >= 0.6 is 47.8 Å². The maximum atomic E-state index is 13.1. The second-order valence-corrected chi connectivity index (χ2v) is 44.1. The average molecular weight is 1280 g/mol. The van der Waals surface area contributed by atoms with Crippen LogP contribution in [0.3, 0.4) is 0 Å². The van der Waals surface area contributed by atoms with Gasteiger partial charge >= 0.3 is 0 Å². The van der Waals surface area contributed by atoms with E-state index in [2.05, 4.69) is 227 Å². The molecule has 0 N–H and O–H groups in total. The highest BCUT2D eigenvalue weighted by Crippen LogP contribution is 2.44. The van der Waals surface area contributed by atoms with Crippen molar-refractivity contribution in [3.63, 3.8) is 0 Å². The predicted octanol–water partition coefficient (Wildman–Crippen LogP) is 17.6. The van der Waals surface area contributed by atoms with Crippen LogP contribution in [-0.2, 0) is 27.7 Å². The van der Waals surface area contributed by atoms with E-state index in [0.717, 1.165) is 83.1 Å². The number of carbonyl (C=O) groups is 3. The van der Waals surface area contributed by atoms with Crippen molar-refractivity contribution in [2.75, 3.05) is 34.5 Å². The van der Waals surface area contributed by atoms with E-state index < -0.39 is 25.0 Å². The van der Waals surface area contributed by atoms with E-state index in [4.69, 9.17) is 13.3 Å². The largest absolute Gasteiger partial charge is 0.415 e. The van der Waals surface area contributed by atoms with Crippen molar-refractivity contribution in [2.45, 2.75) is 223 Å². The lowest BCUT2D eigenvalue weighted by molar-refractivity contribution is -0.124. The molecule has 3 saturated heterocycles. The molecule has 75 heavy (non-hydrogen) atoms. The number of aryl methyl sites for hydroxylation is 6. The van der Waals surface area contributed by atoms with E-state index in [9.17, 15) is 14.4 Å². The lowest BCUT2D eigenvalue weighted by Crippen LogP contribution is -2.45. The van der Waals surface area contributed by atoms with Crippen molar-refractivity contribution >= 4 is 108 Å². The molecule has 6 rings (SSSR count). The first-order chi connectivity index (χ1) is 34.0. The van der Waals surface area contributed by atoms with Gasteiger partial charge in [0.25, 0.3) is 0 Å². The highest BCUT2D eigenvalue weighted by atomic mass is 79.9. The van der Waals surface area contributed by atoms with Crippen LogP contribution < -0.4 is 14.7 Å². The van der Waals surface area contributed by atoms with E-state index >= 15 is 0 Å². The van der Waals surface area contributed by atoms with E-state index in [1.165, 1.54) is 0 Å². The van der Waals surface area contributed by atoms with Crippen LogP contribution in [0.25, 0.3) is 0 Å². The van der Waals surface area contributed by atoms with Gasteiger partial charge in [0.15, 0.2) is 25.0 Å². The molecular weight excluding hydrogens is 1180 g/mol. The summed E-state index contributed by atoms with van der Waals surface area (Å²) in [6.45, 7) is 54.3. The molecule has 3 fully saturated rings. The molecule has 3 aliphatic rings. The van der Waals surface area contributed by atoms with Gasteiger partial charge in [0.2, 0.25) is 17.7 Å². The van der Waals surface area contributed by atoms with Crippen LogP contribution in [0.5, 0.6) is 0 Å². The topological polar surface area (TPSA) is 88.6 Å². The van der Waals surface area contributed by atoms with Crippen LogP contribution in [-0.4, -0.2) is 80.6 Å². The molecule has 3 heterocycles. The van der Waals surface area contributed by atoms with Gasteiger partial charge in [-0.05, 0) is 185 Å². The number of amides is 3. The predicted molar refractivity (Wildman–Crippen MR) is 336 cm³/mol. The molecule has 420 valence electrons. The van der Waals surface area contributed by atoms with Crippen molar-refractivity contribution in [3.05, 3.63) is 83.2 Å². The summed E-state index contributed by atoms with van der Waals surface area (Å²) in [4.78, 5) is 44.4. The highest BCUT2D eigenvalue weighted by molar-refractivity contribution is 9.11. The molecule has 3 aromatic rings. The van der Waals surface area contributed by atoms with Crippen molar-refractivity contribution in [1.82, 2.24) is 0 Å². The zero-order valence-corrected chi connectivity index (χ0v) is 58.4. The molecule has 3 amide bonds. The minimum Gasteiger partial charge on any atom is -0.415 e. The number of benzene rings is 3. The zero-order chi connectivity index (χ0) is 57.5. The molecule has 3 aromatic carbocycles. The fourth-order valence-corrected chi connectivity index (χ4v) is 13.1. The van der Waals surface area contributed by atoms with E-state index in [0.29, 0.717) is 26.2 Å². The monoisotopic (exact) mass is 1280 g/mol. The molecule has 3 aliphatic heterocycles. The fraction of sp³-hybridized carbons (Fsp3) is 0.650. The third-order valence-corrected chi connectivity index (χ3v) is 34.6. The van der Waals surface area contributed by atoms with Gasteiger partial charge in [0.1, 0.15) is 0 Å². The Hall–Kier alpha value is -1.96. The first-order valence-electron chi connectivity index (χ1n) is 27.2. The minimum absolute atomic E-state index is 0.0530. The van der Waals surface area contributed by atoms with Crippen molar-refractivity contribution in [2.24, 2.45) is 11.3 Å². The van der Waals surface area contributed by atoms with E-state index in [-0.39, 0.29) is 62.3 Å². The van der Waals surface area contributed by atoms with Gasteiger partial charge in [-0.15, -0.1) is 0 Å². The van der Waals surface area contributed by atoms with Gasteiger partial charge in [0, 0.05) is 48.2 Å². The molecule has 9 nitrogen and oxygen atoms in total. The van der Waals surface area contributed by atoms with Crippen LogP contribution in [0.2, 0.25) is 54.4 Å². The number of rotatable bonds is 12. The van der Waals surface area contributed by atoms with Crippen LogP contribution in [0, 0.1) is 52.9 Å². The van der Waals surface area contributed by atoms with Gasteiger partial charge in [-0.25, -0.2) is 0 Å². The van der Waals surface area contributed by atoms with E-state index in [1.807, 2.05) is 35.5 Å². The maximum Gasteiger partial charge on any atom is 0.233 e. The first kappa shape index (κ1) is 65.6. The summed E-state index contributed by atoms with van der Waals surface area (Å²) in [7, 11) is -5.47. The van der Waals surface area contributed by atoms with Crippen LogP contribution in [0.4, 0.5) is 17.1 Å². The van der Waals surface area contributed by atoms with Crippen LogP contribution in [0.1, 0.15) is 142 Å². The second-order valence-electron chi connectivity index (χ2n) is 27.3. The number of anilines is 3. The summed E-state index contributed by atoms with van der Waals surface area (Å²) in [6, 6.07) is 13.0. The Labute approximate surface area is 483 Å². The summed E-state index contributed by atoms with van der Waals surface area (Å²) >= 11 is 10.9. The first-order valence-corrected chi connectivity index (χ1v) is 38.3. The summed E-state index contributed by atoms with van der Waals surface area (Å²) in [5.74, 6) is 0.671. The number of hydrogen-bond donors (Lipinski definition) is 0. The summed E-state index contributed by atoms with van der Waals surface area (Å²) in [6.07, 6.45) is 3.18. The summed E-state index contributed by atoms with van der Waals surface area (Å²) < 4.78 is 22.7. The molecule has 0 radical (unpaired) electrons. The third kappa shape index (κ3) is 15.5. The Kier molecular flexibility index (Phi) is 21.3. The molecule has 0 spiro atoms. The third-order valence-electron chi connectivity index (χ3n) is 17.3. The fourth-order valence-electron chi connectivity index (χ4n) is 9.24. The summed E-state index contributed by atoms with van der Waals surface area (Å²) in [5, 5.41) is 0.531. The maximum absolute atomic E-state index is 13.1. The van der Waals surface area contributed by atoms with Gasteiger partial charge in [0.05, 0.1) is 37.9 Å².